The zero-order valence-electron chi connectivity index (χ0n) is 9.30. The number of nitrogens with one attached hydrogen (secondary N) is 1. The van der Waals surface area contributed by atoms with Crippen molar-refractivity contribution in [2.45, 2.75) is 13.5 Å². The lowest BCUT2D eigenvalue weighted by molar-refractivity contribution is 0.660. The molecule has 1 N–H and O–H groups in total. The Morgan fingerprint density at radius 2 is 2.41 bits per heavy atom. The molecule has 0 amide bonds. The third-order valence-electron chi connectivity index (χ3n) is 2.77. The van der Waals surface area contributed by atoms with E-state index in [-0.39, 0.29) is 5.56 Å². The minimum Gasteiger partial charge on any atom is -0.328 e. The third-order valence-corrected chi connectivity index (χ3v) is 3.76. The van der Waals surface area contributed by atoms with E-state index in [9.17, 15) is 4.79 Å². The Morgan fingerprint density at radius 1 is 1.53 bits per heavy atom. The lowest BCUT2D eigenvalue weighted by Crippen LogP contribution is -2.01. The fourth-order valence-electron chi connectivity index (χ4n) is 1.87. The Balaban J connectivity index is 2.24. The lowest BCUT2D eigenvalue weighted by atomic mass is 10.1. The van der Waals surface area contributed by atoms with Crippen molar-refractivity contribution in [1.29, 1.82) is 0 Å². The molecule has 0 atom stereocenters. The fourth-order valence-corrected chi connectivity index (χ4v) is 2.84. The van der Waals surface area contributed by atoms with Crippen molar-refractivity contribution in [3.63, 3.8) is 0 Å². The van der Waals surface area contributed by atoms with Crippen molar-refractivity contribution in [2.24, 2.45) is 0 Å². The molecule has 0 aliphatic heterocycles. The summed E-state index contributed by atoms with van der Waals surface area (Å²) in [7, 11) is 0. The first kappa shape index (κ1) is 10.3. The molecule has 0 aromatic carbocycles. The monoisotopic (exact) mass is 245 g/mol. The van der Waals surface area contributed by atoms with Crippen LogP contribution in [0.1, 0.15) is 6.92 Å². The van der Waals surface area contributed by atoms with Gasteiger partial charge in [-0.15, -0.1) is 11.3 Å². The number of aryl methyl sites for hydroxylation is 1. The maximum absolute atomic E-state index is 11.6. The molecule has 0 radical (unpaired) electrons. The number of nitrogens with zero attached hydrogens (tertiary/aromatic N) is 2. The molecule has 3 aromatic heterocycles. The topological polar surface area (TPSA) is 50.7 Å². The van der Waals surface area contributed by atoms with Crippen LogP contribution in [0.25, 0.3) is 21.2 Å². The van der Waals surface area contributed by atoms with Crippen molar-refractivity contribution in [3.8, 4) is 11.1 Å². The molecule has 0 unspecified atom stereocenters. The van der Waals surface area contributed by atoms with Crippen LogP contribution in [0.5, 0.6) is 0 Å². The van der Waals surface area contributed by atoms with E-state index in [0.29, 0.717) is 0 Å². The maximum atomic E-state index is 11.6. The predicted molar refractivity (Wildman–Crippen MR) is 69.3 cm³/mol. The van der Waals surface area contributed by atoms with Gasteiger partial charge in [-0.1, -0.05) is 0 Å². The standard InChI is InChI=1S/C12H11N3OS/c1-2-15-6-8(5-14-15)10-7-17-11-9(10)3-4-13-12(11)16/h3-7H,2H2,1H3,(H,13,16). The first-order chi connectivity index (χ1) is 8.29. The van der Waals surface area contributed by atoms with E-state index in [1.54, 1.807) is 6.20 Å². The summed E-state index contributed by atoms with van der Waals surface area (Å²) in [5, 5.41) is 7.26. The van der Waals surface area contributed by atoms with Gasteiger partial charge < -0.3 is 4.98 Å². The largest absolute Gasteiger partial charge is 0.328 e. The van der Waals surface area contributed by atoms with Crippen molar-refractivity contribution >= 4 is 21.4 Å². The number of aromatic amines is 1. The van der Waals surface area contributed by atoms with E-state index in [0.717, 1.165) is 27.8 Å². The van der Waals surface area contributed by atoms with E-state index in [4.69, 9.17) is 0 Å². The maximum Gasteiger partial charge on any atom is 0.265 e. The number of aromatic nitrogens is 3. The Morgan fingerprint density at radius 3 is 3.18 bits per heavy atom. The minimum absolute atomic E-state index is 0.0263. The van der Waals surface area contributed by atoms with Gasteiger partial charge in [-0.2, -0.15) is 5.10 Å². The van der Waals surface area contributed by atoms with E-state index in [2.05, 4.69) is 10.1 Å². The summed E-state index contributed by atoms with van der Waals surface area (Å²) >= 11 is 1.47. The first-order valence-electron chi connectivity index (χ1n) is 5.41. The summed E-state index contributed by atoms with van der Waals surface area (Å²) in [6.45, 7) is 2.90. The predicted octanol–water partition coefficient (Wildman–Crippen LogP) is 2.47. The van der Waals surface area contributed by atoms with Gasteiger partial charge in [0.05, 0.1) is 6.20 Å². The molecule has 86 valence electrons. The number of fused-ring (bicyclic) bond motifs is 1. The van der Waals surface area contributed by atoms with Gasteiger partial charge >= 0.3 is 0 Å². The summed E-state index contributed by atoms with van der Waals surface area (Å²) in [6, 6.07) is 1.94. The number of rotatable bonds is 2. The molecule has 3 rings (SSSR count). The molecule has 0 aliphatic rings. The molecule has 0 saturated carbocycles. The molecule has 0 spiro atoms. The van der Waals surface area contributed by atoms with Crippen LogP contribution in [0.3, 0.4) is 0 Å². The average molecular weight is 245 g/mol. The normalized spacial score (nSPS) is 11.1. The summed E-state index contributed by atoms with van der Waals surface area (Å²) in [5.41, 5.74) is 2.11. The molecule has 3 aromatic rings. The Kier molecular flexibility index (Phi) is 2.33. The number of hydrogen-bond donors (Lipinski definition) is 1. The van der Waals surface area contributed by atoms with Crippen LogP contribution in [0.15, 0.2) is 34.8 Å². The zero-order chi connectivity index (χ0) is 11.8. The molecule has 3 heterocycles. The van der Waals surface area contributed by atoms with Crippen LogP contribution >= 0.6 is 11.3 Å². The molecule has 0 aliphatic carbocycles. The van der Waals surface area contributed by atoms with Gasteiger partial charge in [0, 0.05) is 40.8 Å². The van der Waals surface area contributed by atoms with E-state index >= 15 is 0 Å². The number of hydrogen-bond acceptors (Lipinski definition) is 3. The van der Waals surface area contributed by atoms with Gasteiger partial charge in [-0.3, -0.25) is 9.48 Å². The van der Waals surface area contributed by atoms with Gasteiger partial charge in [0.2, 0.25) is 0 Å². The minimum atomic E-state index is -0.0263. The highest BCUT2D eigenvalue weighted by Gasteiger charge is 2.09. The second kappa shape index (κ2) is 3.85. The van der Waals surface area contributed by atoms with Gasteiger partial charge in [0.25, 0.3) is 5.56 Å². The molecule has 5 heteroatoms. The highest BCUT2D eigenvalue weighted by Crippen LogP contribution is 2.31. The highest BCUT2D eigenvalue weighted by atomic mass is 32.1. The highest BCUT2D eigenvalue weighted by molar-refractivity contribution is 7.17. The molecule has 0 bridgehead atoms. The van der Waals surface area contributed by atoms with Crippen LogP contribution < -0.4 is 5.56 Å². The SMILES string of the molecule is CCn1cc(-c2csc3c(=O)[nH]ccc23)cn1. The van der Waals surface area contributed by atoms with Crippen LogP contribution in [0.4, 0.5) is 0 Å². The number of H-pyrrole nitrogens is 1. The zero-order valence-corrected chi connectivity index (χ0v) is 10.1. The Labute approximate surface area is 102 Å². The fraction of sp³-hybridized carbons (Fsp3) is 0.167. The summed E-state index contributed by atoms with van der Waals surface area (Å²) < 4.78 is 2.65. The number of thiophene rings is 1. The second-order valence-electron chi connectivity index (χ2n) is 3.78. The number of pyridine rings is 1. The van der Waals surface area contributed by atoms with Crippen LogP contribution in [0.2, 0.25) is 0 Å². The van der Waals surface area contributed by atoms with Crippen LogP contribution in [-0.4, -0.2) is 14.8 Å². The van der Waals surface area contributed by atoms with Crippen molar-refractivity contribution in [2.75, 3.05) is 0 Å². The Hall–Kier alpha value is -1.88. The van der Waals surface area contributed by atoms with Crippen molar-refractivity contribution in [3.05, 3.63) is 40.4 Å². The van der Waals surface area contributed by atoms with Crippen LogP contribution in [-0.2, 0) is 6.54 Å². The van der Waals surface area contributed by atoms with E-state index in [1.165, 1.54) is 11.3 Å². The van der Waals surface area contributed by atoms with Gasteiger partial charge in [-0.05, 0) is 13.0 Å². The molecular formula is C12H11N3OS. The third kappa shape index (κ3) is 1.59. The smallest absolute Gasteiger partial charge is 0.265 e. The molecule has 0 saturated heterocycles. The van der Waals surface area contributed by atoms with Gasteiger partial charge in [0.15, 0.2) is 0 Å². The van der Waals surface area contributed by atoms with Gasteiger partial charge in [-0.25, -0.2) is 0 Å². The Bertz CT molecular complexity index is 723. The molecular weight excluding hydrogens is 234 g/mol. The summed E-state index contributed by atoms with van der Waals surface area (Å²) in [5.74, 6) is 0. The first-order valence-corrected chi connectivity index (χ1v) is 6.29. The van der Waals surface area contributed by atoms with E-state index < -0.39 is 0 Å². The average Bonchev–Trinajstić information content (AvgIpc) is 2.94. The molecule has 4 nitrogen and oxygen atoms in total. The molecule has 17 heavy (non-hydrogen) atoms. The quantitative estimate of drug-likeness (QED) is 0.754. The van der Waals surface area contributed by atoms with Gasteiger partial charge in [0.1, 0.15) is 4.70 Å². The van der Waals surface area contributed by atoms with Crippen molar-refractivity contribution < 1.29 is 0 Å². The van der Waals surface area contributed by atoms with E-state index in [1.807, 2.05) is 35.4 Å². The van der Waals surface area contributed by atoms with Crippen molar-refractivity contribution in [1.82, 2.24) is 14.8 Å². The second-order valence-corrected chi connectivity index (χ2v) is 4.66. The summed E-state index contributed by atoms with van der Waals surface area (Å²) in [4.78, 5) is 14.3. The lowest BCUT2D eigenvalue weighted by Gasteiger charge is -1.94. The summed E-state index contributed by atoms with van der Waals surface area (Å²) in [6.07, 6.45) is 5.53. The van der Waals surface area contributed by atoms with Crippen LogP contribution in [0, 0.1) is 0 Å². The molecule has 0 fully saturated rings.